The molecule has 1 aliphatic rings. The van der Waals surface area contributed by atoms with Crippen molar-refractivity contribution in [3.8, 4) is 0 Å². The second-order valence-electron chi connectivity index (χ2n) is 15.6. The van der Waals surface area contributed by atoms with Gasteiger partial charge in [0, 0.05) is 12.8 Å². The van der Waals surface area contributed by atoms with Gasteiger partial charge in [-0.1, -0.05) is 142 Å². The van der Waals surface area contributed by atoms with Gasteiger partial charge >= 0.3 is 19.8 Å². The SMILES string of the molecule is CCCCCCCCCCCCCC(=O)OC[C@H](COP(=O)(O)OC[C@H]1O[C@@H](n2cnc3c(N)nc(Cl)nc32)[C@@H](F)[C@@H]1O)OC(=O)CCCCCCCCCCCCC. The Labute approximate surface area is 354 Å². The molecule has 2 aromatic heterocycles. The Kier molecular flexibility index (Phi) is 25.0. The zero-order valence-electron chi connectivity index (χ0n) is 35.3. The van der Waals surface area contributed by atoms with Crippen molar-refractivity contribution >= 4 is 48.3 Å². The number of carbonyl (C=O) groups excluding carboxylic acids is 2. The maximum absolute atomic E-state index is 15.3. The van der Waals surface area contributed by atoms with Gasteiger partial charge in [-0.05, 0) is 24.4 Å². The number of unbranched alkanes of at least 4 members (excludes halogenated alkanes) is 20. The van der Waals surface area contributed by atoms with Crippen LogP contribution in [0.5, 0.6) is 0 Å². The van der Waals surface area contributed by atoms with Gasteiger partial charge in [-0.25, -0.2) is 13.9 Å². The molecule has 1 saturated heterocycles. The number of alkyl halides is 1. The van der Waals surface area contributed by atoms with Gasteiger partial charge in [0.15, 0.2) is 30.0 Å². The van der Waals surface area contributed by atoms with Crippen LogP contribution in [0.3, 0.4) is 0 Å². The molecule has 0 saturated carbocycles. The molecule has 1 fully saturated rings. The highest BCUT2D eigenvalue weighted by atomic mass is 35.5. The van der Waals surface area contributed by atoms with Gasteiger partial charge in [0.1, 0.15) is 24.3 Å². The molecule has 6 atom stereocenters. The average Bonchev–Trinajstić information content (AvgIpc) is 3.75. The molecule has 0 aromatic carbocycles. The molecule has 2 aromatic rings. The first kappa shape index (κ1) is 50.9. The summed E-state index contributed by atoms with van der Waals surface area (Å²) in [4.78, 5) is 47.8. The number of carbonyl (C=O) groups is 2. The second kappa shape index (κ2) is 29.0. The monoisotopic (exact) mass is 877 g/mol. The molecule has 0 spiro atoms. The molecule has 15 nitrogen and oxygen atoms in total. The van der Waals surface area contributed by atoms with Crippen molar-refractivity contribution in [2.75, 3.05) is 25.6 Å². The zero-order valence-corrected chi connectivity index (χ0v) is 36.9. The van der Waals surface area contributed by atoms with Crippen LogP contribution in [0, 0.1) is 0 Å². The number of anilines is 1. The first-order valence-electron chi connectivity index (χ1n) is 22.1. The van der Waals surface area contributed by atoms with Crippen LogP contribution in [0.25, 0.3) is 11.2 Å². The lowest BCUT2D eigenvalue weighted by Crippen LogP contribution is -2.32. The number of esters is 2. The van der Waals surface area contributed by atoms with Crippen LogP contribution in [0.1, 0.15) is 174 Å². The van der Waals surface area contributed by atoms with Crippen molar-refractivity contribution in [3.05, 3.63) is 11.6 Å². The molecule has 3 heterocycles. The minimum absolute atomic E-state index is 0.0388. The van der Waals surface area contributed by atoms with E-state index in [2.05, 4.69) is 28.8 Å². The van der Waals surface area contributed by atoms with Gasteiger partial charge in [-0.2, -0.15) is 9.97 Å². The van der Waals surface area contributed by atoms with Crippen LogP contribution in [0.15, 0.2) is 6.33 Å². The predicted molar refractivity (Wildman–Crippen MR) is 224 cm³/mol. The number of aromatic nitrogens is 4. The third-order valence-electron chi connectivity index (χ3n) is 10.5. The number of imidazole rings is 1. The summed E-state index contributed by atoms with van der Waals surface area (Å²) in [6.07, 6.45) is 18.6. The fourth-order valence-corrected chi connectivity index (χ4v) is 7.97. The fourth-order valence-electron chi connectivity index (χ4n) is 7.03. The Morgan fingerprint density at radius 2 is 1.34 bits per heavy atom. The second-order valence-corrected chi connectivity index (χ2v) is 17.4. The molecule has 0 bridgehead atoms. The highest BCUT2D eigenvalue weighted by molar-refractivity contribution is 7.47. The Bertz CT molecular complexity index is 1540. The summed E-state index contributed by atoms with van der Waals surface area (Å²) < 4.78 is 56.2. The van der Waals surface area contributed by atoms with E-state index in [0.717, 1.165) is 38.5 Å². The summed E-state index contributed by atoms with van der Waals surface area (Å²) in [5, 5.41) is 10.4. The van der Waals surface area contributed by atoms with Crippen molar-refractivity contribution in [2.24, 2.45) is 0 Å². The lowest BCUT2D eigenvalue weighted by molar-refractivity contribution is -0.161. The number of aliphatic hydroxyl groups is 1. The summed E-state index contributed by atoms with van der Waals surface area (Å²) in [6, 6.07) is 0. The summed E-state index contributed by atoms with van der Waals surface area (Å²) in [7, 11) is -4.88. The highest BCUT2D eigenvalue weighted by Crippen LogP contribution is 2.45. The van der Waals surface area contributed by atoms with Gasteiger partial charge in [0.2, 0.25) is 5.28 Å². The number of phosphoric ester groups is 1. The van der Waals surface area contributed by atoms with Crippen LogP contribution in [-0.2, 0) is 37.4 Å². The van der Waals surface area contributed by atoms with Crippen LogP contribution in [0.2, 0.25) is 5.28 Å². The van der Waals surface area contributed by atoms with Crippen LogP contribution in [-0.4, -0.2) is 85.8 Å². The molecule has 4 N–H and O–H groups in total. The first-order chi connectivity index (χ1) is 28.5. The number of rotatable bonds is 34. The van der Waals surface area contributed by atoms with Crippen LogP contribution >= 0.6 is 19.4 Å². The predicted octanol–water partition coefficient (Wildman–Crippen LogP) is 9.65. The number of halogens is 2. The lowest BCUT2D eigenvalue weighted by Gasteiger charge is -2.21. The molecule has 0 radical (unpaired) electrons. The zero-order chi connectivity index (χ0) is 42.9. The standard InChI is InChI=1S/C41H70ClFN5O10P/c1-3-5-7-9-11-13-15-17-19-21-23-25-33(49)54-27-31(57-34(50)26-24-22-20-18-16-14-12-10-8-6-4-2)28-55-59(52,53)56-29-32-37(51)35(43)40(58-32)48-30-45-36-38(44)46-41(42)47-39(36)48/h30-32,35,37,40,51H,3-29H2,1-2H3,(H,52,53)(H2,44,46,47)/t31-,32-,35+,37-,40-/m1/s1. The fraction of sp³-hybridized carbons (Fsp3) is 0.829. The number of hydrogen-bond donors (Lipinski definition) is 3. The van der Waals surface area contributed by atoms with Crippen molar-refractivity contribution in [1.82, 2.24) is 19.5 Å². The van der Waals surface area contributed by atoms with Crippen molar-refractivity contribution in [3.63, 3.8) is 0 Å². The number of phosphoric acid groups is 1. The van der Waals surface area contributed by atoms with E-state index >= 15 is 4.39 Å². The van der Waals surface area contributed by atoms with Crippen molar-refractivity contribution < 1.29 is 51.8 Å². The van der Waals surface area contributed by atoms with E-state index in [0.29, 0.717) is 12.8 Å². The maximum Gasteiger partial charge on any atom is 0.472 e. The van der Waals surface area contributed by atoms with E-state index in [1.54, 1.807) is 0 Å². The third-order valence-corrected chi connectivity index (χ3v) is 11.6. The molecule has 0 aliphatic carbocycles. The molecule has 59 heavy (non-hydrogen) atoms. The number of nitrogen functional groups attached to an aromatic ring is 1. The smallest absolute Gasteiger partial charge is 0.462 e. The Hall–Kier alpha value is -2.46. The molecule has 3 rings (SSSR count). The number of fused-ring (bicyclic) bond motifs is 1. The number of hydrogen-bond acceptors (Lipinski definition) is 13. The van der Waals surface area contributed by atoms with E-state index in [4.69, 9.17) is 40.6 Å². The number of aliphatic hydroxyl groups excluding tert-OH is 1. The van der Waals surface area contributed by atoms with Crippen molar-refractivity contribution in [1.29, 1.82) is 0 Å². The van der Waals surface area contributed by atoms with E-state index < -0.39 is 63.7 Å². The van der Waals surface area contributed by atoms with Crippen LogP contribution < -0.4 is 5.73 Å². The van der Waals surface area contributed by atoms with E-state index in [-0.39, 0.29) is 41.7 Å². The third kappa shape index (κ3) is 19.9. The van der Waals surface area contributed by atoms with Gasteiger partial charge in [-0.3, -0.25) is 23.2 Å². The Morgan fingerprint density at radius 3 is 1.88 bits per heavy atom. The van der Waals surface area contributed by atoms with Gasteiger partial charge in [-0.15, -0.1) is 0 Å². The first-order valence-corrected chi connectivity index (χ1v) is 23.9. The largest absolute Gasteiger partial charge is 0.472 e. The summed E-state index contributed by atoms with van der Waals surface area (Å²) in [5.74, 6) is -1.06. The molecule has 1 unspecified atom stereocenters. The Balaban J connectivity index is 1.44. The summed E-state index contributed by atoms with van der Waals surface area (Å²) >= 11 is 5.91. The van der Waals surface area contributed by atoms with Gasteiger partial charge in [0.05, 0.1) is 19.5 Å². The van der Waals surface area contributed by atoms with E-state index in [1.165, 1.54) is 101 Å². The summed E-state index contributed by atoms with van der Waals surface area (Å²) in [5.41, 5.74) is 6.04. The van der Waals surface area contributed by atoms with Crippen LogP contribution in [0.4, 0.5) is 10.2 Å². The van der Waals surface area contributed by atoms with Gasteiger partial charge in [0.25, 0.3) is 0 Å². The van der Waals surface area contributed by atoms with Gasteiger partial charge < -0.3 is 29.9 Å². The molecule has 338 valence electrons. The Morgan fingerprint density at radius 1 is 0.831 bits per heavy atom. The number of ether oxygens (including phenoxy) is 3. The molecular weight excluding hydrogens is 808 g/mol. The quantitative estimate of drug-likeness (QED) is 0.0259. The lowest BCUT2D eigenvalue weighted by atomic mass is 10.1. The summed E-state index contributed by atoms with van der Waals surface area (Å²) in [6.45, 7) is 2.67. The number of nitrogens with zero attached hydrogens (tertiary/aromatic N) is 4. The molecular formula is C41H70ClFN5O10P. The van der Waals surface area contributed by atoms with E-state index in [9.17, 15) is 24.2 Å². The number of nitrogens with two attached hydrogens (primary N) is 1. The highest BCUT2D eigenvalue weighted by Gasteiger charge is 2.47. The molecule has 18 heteroatoms. The maximum atomic E-state index is 15.3. The minimum Gasteiger partial charge on any atom is -0.462 e. The normalized spacial score (nSPS) is 19.6. The van der Waals surface area contributed by atoms with Crippen molar-refractivity contribution in [2.45, 2.75) is 199 Å². The molecule has 1 aliphatic heterocycles. The molecule has 0 amide bonds. The minimum atomic E-state index is -4.88. The van der Waals surface area contributed by atoms with E-state index in [1.807, 2.05) is 0 Å². The average molecular weight is 878 g/mol. The topological polar surface area (TPSA) is 207 Å².